The Morgan fingerprint density at radius 3 is 2.78 bits per heavy atom. The van der Waals surface area contributed by atoms with Crippen LogP contribution in [0.4, 0.5) is 5.69 Å². The lowest BCUT2D eigenvalue weighted by Crippen LogP contribution is -1.97. The molecular weight excluding hydrogens is 342 g/mol. The van der Waals surface area contributed by atoms with E-state index in [1.54, 1.807) is 24.7 Å². The Kier molecular flexibility index (Phi) is 3.29. The molecule has 27 heavy (non-hydrogen) atoms. The predicted molar refractivity (Wildman–Crippen MR) is 102 cm³/mol. The van der Waals surface area contributed by atoms with Crippen molar-refractivity contribution in [2.45, 2.75) is 6.92 Å². The highest BCUT2D eigenvalue weighted by molar-refractivity contribution is 5.91. The van der Waals surface area contributed by atoms with Crippen molar-refractivity contribution in [2.24, 2.45) is 0 Å². The van der Waals surface area contributed by atoms with Crippen molar-refractivity contribution in [3.8, 4) is 22.8 Å². The number of H-pyrrole nitrogens is 2. The molecule has 0 fully saturated rings. The SMILES string of the molecule is Cc1nc2ccc(Oc3ccc4nc(-c5cn[nH]c5)cnc4c3N)cc2[nH]1. The van der Waals surface area contributed by atoms with Gasteiger partial charge in [0.25, 0.3) is 0 Å². The fourth-order valence-electron chi connectivity index (χ4n) is 3.01. The van der Waals surface area contributed by atoms with Crippen LogP contribution < -0.4 is 10.5 Å². The number of imidazole rings is 1. The van der Waals surface area contributed by atoms with E-state index < -0.39 is 0 Å². The zero-order valence-corrected chi connectivity index (χ0v) is 14.4. The maximum atomic E-state index is 6.29. The van der Waals surface area contributed by atoms with Crippen molar-refractivity contribution >= 4 is 27.8 Å². The van der Waals surface area contributed by atoms with E-state index in [9.17, 15) is 0 Å². The molecule has 0 aliphatic carbocycles. The number of benzene rings is 2. The number of aryl methyl sites for hydroxylation is 1. The Morgan fingerprint density at radius 2 is 1.93 bits per heavy atom. The molecule has 5 rings (SSSR count). The monoisotopic (exact) mass is 357 g/mol. The Balaban J connectivity index is 1.52. The molecule has 0 amide bonds. The van der Waals surface area contributed by atoms with Crippen LogP contribution in [0.3, 0.4) is 0 Å². The van der Waals surface area contributed by atoms with E-state index in [4.69, 9.17) is 10.5 Å². The number of nitrogens with zero attached hydrogens (tertiary/aromatic N) is 4. The lowest BCUT2D eigenvalue weighted by molar-refractivity contribution is 0.486. The second kappa shape index (κ2) is 5.80. The van der Waals surface area contributed by atoms with Crippen LogP contribution in [0.25, 0.3) is 33.3 Å². The maximum Gasteiger partial charge on any atom is 0.152 e. The number of hydrogen-bond acceptors (Lipinski definition) is 6. The summed E-state index contributed by atoms with van der Waals surface area (Å²) in [6.45, 7) is 1.91. The van der Waals surface area contributed by atoms with Crippen LogP contribution in [0, 0.1) is 6.92 Å². The lowest BCUT2D eigenvalue weighted by Gasteiger charge is -2.10. The second-order valence-corrected chi connectivity index (χ2v) is 6.19. The fraction of sp³-hybridized carbons (Fsp3) is 0.0526. The van der Waals surface area contributed by atoms with Crippen molar-refractivity contribution in [3.05, 3.63) is 54.7 Å². The first-order chi connectivity index (χ1) is 13.2. The summed E-state index contributed by atoms with van der Waals surface area (Å²) in [5, 5.41) is 6.70. The number of ether oxygens (including phenoxy) is 1. The molecule has 0 atom stereocenters. The van der Waals surface area contributed by atoms with Gasteiger partial charge in [-0.05, 0) is 31.2 Å². The van der Waals surface area contributed by atoms with Gasteiger partial charge in [0.2, 0.25) is 0 Å². The molecule has 2 aromatic carbocycles. The molecule has 3 heterocycles. The minimum absolute atomic E-state index is 0.444. The van der Waals surface area contributed by atoms with Gasteiger partial charge in [0.15, 0.2) is 5.75 Å². The van der Waals surface area contributed by atoms with Crippen molar-refractivity contribution < 1.29 is 4.74 Å². The predicted octanol–water partition coefficient (Wildman–Crippen LogP) is 3.58. The van der Waals surface area contributed by atoms with Gasteiger partial charge in [-0.1, -0.05) is 0 Å². The Morgan fingerprint density at radius 1 is 1.04 bits per heavy atom. The molecule has 0 saturated heterocycles. The van der Waals surface area contributed by atoms with E-state index in [-0.39, 0.29) is 0 Å². The van der Waals surface area contributed by atoms with Gasteiger partial charge in [-0.3, -0.25) is 10.1 Å². The number of nitrogen functional groups attached to an aromatic ring is 1. The first-order valence-electron chi connectivity index (χ1n) is 8.36. The standard InChI is InChI=1S/C19H15N7O/c1-10-24-13-3-2-12(6-15(13)25-10)27-17-5-4-14-19(18(17)20)21-9-16(26-14)11-7-22-23-8-11/h2-9H,20H2,1H3,(H,22,23)(H,24,25). The van der Waals surface area contributed by atoms with Crippen LogP contribution in [-0.4, -0.2) is 30.1 Å². The number of anilines is 1. The van der Waals surface area contributed by atoms with E-state index in [0.717, 1.165) is 28.1 Å². The zero-order valence-electron chi connectivity index (χ0n) is 14.4. The smallest absolute Gasteiger partial charge is 0.152 e. The molecule has 8 nitrogen and oxygen atoms in total. The molecule has 3 aromatic heterocycles. The van der Waals surface area contributed by atoms with E-state index in [1.807, 2.05) is 31.2 Å². The maximum absolute atomic E-state index is 6.29. The van der Waals surface area contributed by atoms with Gasteiger partial charge in [-0.15, -0.1) is 0 Å². The molecule has 0 spiro atoms. The van der Waals surface area contributed by atoms with Gasteiger partial charge in [0.05, 0.1) is 34.6 Å². The number of nitrogens with two attached hydrogens (primary N) is 1. The molecule has 0 saturated carbocycles. The molecular formula is C19H15N7O. The van der Waals surface area contributed by atoms with Crippen LogP contribution in [0.15, 0.2) is 48.9 Å². The molecule has 0 unspecified atom stereocenters. The highest BCUT2D eigenvalue weighted by atomic mass is 16.5. The zero-order chi connectivity index (χ0) is 18.4. The van der Waals surface area contributed by atoms with Gasteiger partial charge in [-0.2, -0.15) is 5.10 Å². The topological polar surface area (TPSA) is 118 Å². The lowest BCUT2D eigenvalue weighted by atomic mass is 10.2. The van der Waals surface area contributed by atoms with E-state index in [1.165, 1.54) is 0 Å². The molecule has 0 aliphatic heterocycles. The van der Waals surface area contributed by atoms with E-state index in [2.05, 4.69) is 30.1 Å². The van der Waals surface area contributed by atoms with E-state index in [0.29, 0.717) is 28.2 Å². The van der Waals surface area contributed by atoms with Gasteiger partial charge in [0.1, 0.15) is 22.8 Å². The summed E-state index contributed by atoms with van der Waals surface area (Å²) in [6.07, 6.45) is 5.14. The molecule has 0 radical (unpaired) electrons. The number of hydrogen-bond donors (Lipinski definition) is 3. The van der Waals surface area contributed by atoms with Gasteiger partial charge in [-0.25, -0.2) is 9.97 Å². The summed E-state index contributed by atoms with van der Waals surface area (Å²) in [6, 6.07) is 9.30. The minimum Gasteiger partial charge on any atom is -0.455 e. The third-order valence-corrected chi connectivity index (χ3v) is 4.31. The molecule has 8 heteroatoms. The number of aromatic amines is 2. The Hall–Kier alpha value is -3.94. The average Bonchev–Trinajstić information content (AvgIpc) is 3.32. The third-order valence-electron chi connectivity index (χ3n) is 4.31. The molecule has 4 N–H and O–H groups in total. The Labute approximate surface area is 153 Å². The van der Waals surface area contributed by atoms with Gasteiger partial charge >= 0.3 is 0 Å². The van der Waals surface area contributed by atoms with Gasteiger partial charge in [0, 0.05) is 17.8 Å². The summed E-state index contributed by atoms with van der Waals surface area (Å²) in [5.41, 5.74) is 11.4. The normalized spacial score (nSPS) is 11.3. The minimum atomic E-state index is 0.444. The van der Waals surface area contributed by atoms with Gasteiger partial charge < -0.3 is 15.5 Å². The largest absolute Gasteiger partial charge is 0.455 e. The summed E-state index contributed by atoms with van der Waals surface area (Å²) < 4.78 is 5.98. The number of fused-ring (bicyclic) bond motifs is 2. The van der Waals surface area contributed by atoms with Crippen molar-refractivity contribution in [1.29, 1.82) is 0 Å². The van der Waals surface area contributed by atoms with Crippen molar-refractivity contribution in [1.82, 2.24) is 30.1 Å². The number of rotatable bonds is 3. The van der Waals surface area contributed by atoms with Crippen molar-refractivity contribution in [3.63, 3.8) is 0 Å². The van der Waals surface area contributed by atoms with Crippen LogP contribution in [0.5, 0.6) is 11.5 Å². The average molecular weight is 357 g/mol. The highest BCUT2D eigenvalue weighted by Gasteiger charge is 2.12. The van der Waals surface area contributed by atoms with Crippen LogP contribution in [0.1, 0.15) is 5.82 Å². The Bertz CT molecular complexity index is 1270. The summed E-state index contributed by atoms with van der Waals surface area (Å²) in [4.78, 5) is 16.7. The first-order valence-corrected chi connectivity index (χ1v) is 8.36. The second-order valence-electron chi connectivity index (χ2n) is 6.19. The van der Waals surface area contributed by atoms with Crippen LogP contribution in [-0.2, 0) is 0 Å². The molecule has 0 aliphatic rings. The molecule has 132 valence electrons. The number of nitrogens with one attached hydrogen (secondary N) is 2. The summed E-state index contributed by atoms with van der Waals surface area (Å²) in [7, 11) is 0. The first kappa shape index (κ1) is 15.3. The van der Waals surface area contributed by atoms with Crippen molar-refractivity contribution in [2.75, 3.05) is 5.73 Å². The summed E-state index contributed by atoms with van der Waals surface area (Å²) >= 11 is 0. The summed E-state index contributed by atoms with van der Waals surface area (Å²) in [5.74, 6) is 2.06. The quantitative estimate of drug-likeness (QED) is 0.425. The molecule has 5 aromatic rings. The van der Waals surface area contributed by atoms with Crippen LogP contribution >= 0.6 is 0 Å². The number of aromatic nitrogens is 6. The molecule has 0 bridgehead atoms. The van der Waals surface area contributed by atoms with Crippen LogP contribution in [0.2, 0.25) is 0 Å². The highest BCUT2D eigenvalue weighted by Crippen LogP contribution is 2.33. The third kappa shape index (κ3) is 2.63. The fourth-order valence-corrected chi connectivity index (χ4v) is 3.01. The van der Waals surface area contributed by atoms with E-state index >= 15 is 0 Å².